The quantitative estimate of drug-likeness (QED) is 0.141. The molecule has 0 fully saturated rings. The van der Waals surface area contributed by atoms with Crippen LogP contribution in [0.3, 0.4) is 0 Å². The molecule has 1 atom stereocenters. The number of hydrogen-bond acceptors (Lipinski definition) is 3. The van der Waals surface area contributed by atoms with Gasteiger partial charge in [0.05, 0.1) is 27.9 Å². The van der Waals surface area contributed by atoms with Crippen molar-refractivity contribution in [1.29, 1.82) is 0 Å². The first-order valence-electron chi connectivity index (χ1n) is 9.91. The maximum atomic E-state index is 15.0. The van der Waals surface area contributed by atoms with E-state index >= 15 is 0 Å². The smallest absolute Gasteiger partial charge is 0.418 e. The van der Waals surface area contributed by atoms with Crippen LogP contribution in [0.5, 0.6) is 5.75 Å². The van der Waals surface area contributed by atoms with Gasteiger partial charge in [-0.1, -0.05) is 57.7 Å². The molecule has 0 bridgehead atoms. The summed E-state index contributed by atoms with van der Waals surface area (Å²) in [4.78, 5) is 4.11. The summed E-state index contributed by atoms with van der Waals surface area (Å²) >= 11 is 0. The molecule has 0 aliphatic carbocycles. The van der Waals surface area contributed by atoms with Crippen molar-refractivity contribution in [2.45, 2.75) is 6.18 Å². The summed E-state index contributed by atoms with van der Waals surface area (Å²) in [6.45, 7) is -0.281. The standard InChI is InChI=1S/C25H17F6N2OP/c1-2-3-4-5-8-14-33(17-12-6-7-13-18(17)34)22-15(10-9-11-16(22)25(29,30)31)19-20(26)23(28)32-24(35)21(19)27/h1,3-13,34H,14,35H2/b4-3-,8-5-. The number of allylic oxidation sites excluding steroid dienone is 3. The lowest BCUT2D eigenvalue weighted by molar-refractivity contribution is -0.137. The van der Waals surface area contributed by atoms with E-state index in [-0.39, 0.29) is 12.2 Å². The van der Waals surface area contributed by atoms with E-state index in [0.29, 0.717) is 0 Å². The molecule has 180 valence electrons. The third-order valence-corrected chi connectivity index (χ3v) is 5.23. The maximum Gasteiger partial charge on any atom is 0.418 e. The van der Waals surface area contributed by atoms with Crippen molar-refractivity contribution in [3.05, 3.63) is 89.9 Å². The first-order valence-corrected chi connectivity index (χ1v) is 10.5. The summed E-state index contributed by atoms with van der Waals surface area (Å²) in [7, 11) is 1.78. The number of aromatic nitrogens is 1. The first-order chi connectivity index (χ1) is 16.6. The molecule has 3 rings (SSSR count). The van der Waals surface area contributed by atoms with Gasteiger partial charge in [-0.2, -0.15) is 17.6 Å². The monoisotopic (exact) mass is 506 g/mol. The molecule has 2 aromatic carbocycles. The number of halogens is 6. The molecule has 0 spiro atoms. The van der Waals surface area contributed by atoms with Gasteiger partial charge in [0.2, 0.25) is 5.95 Å². The van der Waals surface area contributed by atoms with E-state index in [9.17, 15) is 31.4 Å². The molecule has 0 radical (unpaired) electrons. The minimum absolute atomic E-state index is 0.0857. The maximum absolute atomic E-state index is 15.0. The number of hydrogen-bond donors (Lipinski definition) is 1. The Morgan fingerprint density at radius 2 is 1.74 bits per heavy atom. The van der Waals surface area contributed by atoms with Crippen LogP contribution in [0.4, 0.5) is 37.7 Å². The molecule has 1 aromatic heterocycles. The molecule has 0 saturated carbocycles. The van der Waals surface area contributed by atoms with Gasteiger partial charge in [0.25, 0.3) is 0 Å². The van der Waals surface area contributed by atoms with E-state index in [1.807, 2.05) is 0 Å². The van der Waals surface area contributed by atoms with E-state index in [2.05, 4.69) is 10.9 Å². The Hall–Kier alpha value is -3.76. The van der Waals surface area contributed by atoms with E-state index in [1.54, 1.807) is 9.24 Å². The number of phenols is 1. The minimum Gasteiger partial charge on any atom is -0.506 e. The van der Waals surface area contributed by atoms with Crippen molar-refractivity contribution in [3.8, 4) is 29.2 Å². The highest BCUT2D eigenvalue weighted by Gasteiger charge is 2.38. The number of nitrogens with zero attached hydrogens (tertiary/aromatic N) is 2. The van der Waals surface area contributed by atoms with Crippen molar-refractivity contribution in [2.75, 3.05) is 11.4 Å². The average Bonchev–Trinajstić information content (AvgIpc) is 2.80. The van der Waals surface area contributed by atoms with Gasteiger partial charge in [0.1, 0.15) is 5.75 Å². The van der Waals surface area contributed by atoms with Crippen molar-refractivity contribution in [3.63, 3.8) is 0 Å². The molecule has 3 nitrogen and oxygen atoms in total. The third kappa shape index (κ3) is 5.50. The fourth-order valence-electron chi connectivity index (χ4n) is 3.39. The molecule has 35 heavy (non-hydrogen) atoms. The predicted molar refractivity (Wildman–Crippen MR) is 126 cm³/mol. The van der Waals surface area contributed by atoms with E-state index in [0.717, 1.165) is 23.1 Å². The summed E-state index contributed by atoms with van der Waals surface area (Å²) in [5, 5.41) is 10.4. The number of alkyl halides is 3. The Balaban J connectivity index is 2.41. The molecule has 3 aromatic rings. The predicted octanol–water partition coefficient (Wildman–Crippen LogP) is 6.27. The van der Waals surface area contributed by atoms with Crippen LogP contribution in [0.1, 0.15) is 5.56 Å². The molecule has 0 aliphatic heterocycles. The molecule has 0 saturated heterocycles. The largest absolute Gasteiger partial charge is 0.506 e. The Labute approximate surface area is 199 Å². The second kappa shape index (κ2) is 10.7. The van der Waals surface area contributed by atoms with Gasteiger partial charge in [-0.15, -0.1) is 6.42 Å². The number of terminal acetylenes is 1. The topological polar surface area (TPSA) is 36.4 Å². The SMILES string of the molecule is C#C/C=C\C=C/CN(c1ccccc1O)c1c(-c2c(F)c(F)nc(P)c2F)cccc1C(F)(F)F. The fraction of sp³-hybridized carbons (Fsp3) is 0.0800. The molecular formula is C25H17F6N2OP. The lowest BCUT2D eigenvalue weighted by atomic mass is 9.97. The highest BCUT2D eigenvalue weighted by molar-refractivity contribution is 7.27. The van der Waals surface area contributed by atoms with Crippen LogP contribution < -0.4 is 10.3 Å². The normalized spacial score (nSPS) is 11.8. The molecule has 0 amide bonds. The highest BCUT2D eigenvalue weighted by atomic mass is 31.0. The van der Waals surface area contributed by atoms with Crippen LogP contribution in [0.25, 0.3) is 11.1 Å². The van der Waals surface area contributed by atoms with Crippen LogP contribution >= 0.6 is 9.24 Å². The fourth-order valence-corrected chi connectivity index (χ4v) is 3.65. The van der Waals surface area contributed by atoms with E-state index in [4.69, 9.17) is 6.42 Å². The van der Waals surface area contributed by atoms with Gasteiger partial charge in [0, 0.05) is 12.1 Å². The van der Waals surface area contributed by atoms with Crippen LogP contribution in [-0.2, 0) is 6.18 Å². The number of para-hydroxylation sites is 3. The molecule has 1 heterocycles. The average molecular weight is 506 g/mol. The number of phenolic OH excluding ortho intramolecular Hbond substituents is 1. The summed E-state index contributed by atoms with van der Waals surface area (Å²) in [5.74, 6) is -2.92. The summed E-state index contributed by atoms with van der Waals surface area (Å²) in [6.07, 6.45) is 5.85. The van der Waals surface area contributed by atoms with Crippen molar-refractivity contribution < 1.29 is 31.4 Å². The molecule has 1 unspecified atom stereocenters. The van der Waals surface area contributed by atoms with Gasteiger partial charge in [-0.25, -0.2) is 13.8 Å². The zero-order valence-corrected chi connectivity index (χ0v) is 19.0. The Morgan fingerprint density at radius 3 is 2.40 bits per heavy atom. The second-order valence-electron chi connectivity index (χ2n) is 7.04. The number of aromatic hydroxyl groups is 1. The van der Waals surface area contributed by atoms with Crippen molar-refractivity contribution >= 4 is 26.0 Å². The molecular weight excluding hydrogens is 489 g/mol. The third-order valence-electron chi connectivity index (χ3n) is 4.84. The van der Waals surface area contributed by atoms with Crippen LogP contribution in [-0.4, -0.2) is 16.6 Å². The van der Waals surface area contributed by atoms with Crippen LogP contribution in [0.15, 0.2) is 66.8 Å². The van der Waals surface area contributed by atoms with Gasteiger partial charge in [-0.05, 0) is 24.3 Å². The Kier molecular flexibility index (Phi) is 7.88. The molecule has 1 N–H and O–H groups in total. The first kappa shape index (κ1) is 25.9. The van der Waals surface area contributed by atoms with Gasteiger partial charge in [0.15, 0.2) is 11.6 Å². The van der Waals surface area contributed by atoms with Gasteiger partial charge < -0.3 is 10.0 Å². The number of anilines is 2. The summed E-state index contributed by atoms with van der Waals surface area (Å²) < 4.78 is 86.3. The van der Waals surface area contributed by atoms with E-state index in [1.165, 1.54) is 48.6 Å². The summed E-state index contributed by atoms with van der Waals surface area (Å²) in [5.41, 5.74) is -4.27. The zero-order chi connectivity index (χ0) is 25.8. The number of rotatable bonds is 6. The lowest BCUT2D eigenvalue weighted by Gasteiger charge is -2.30. The van der Waals surface area contributed by atoms with Gasteiger partial charge in [-0.3, -0.25) is 0 Å². The van der Waals surface area contributed by atoms with Gasteiger partial charge >= 0.3 is 6.18 Å². The summed E-state index contributed by atoms with van der Waals surface area (Å²) in [6, 6.07) is 8.21. The highest BCUT2D eigenvalue weighted by Crippen LogP contribution is 2.47. The van der Waals surface area contributed by atoms with Crippen LogP contribution in [0, 0.1) is 29.9 Å². The van der Waals surface area contributed by atoms with Crippen LogP contribution in [0.2, 0.25) is 0 Å². The number of pyridine rings is 1. The molecule has 0 aliphatic rings. The Bertz CT molecular complexity index is 1320. The second-order valence-corrected chi connectivity index (χ2v) is 7.59. The minimum atomic E-state index is -4.97. The van der Waals surface area contributed by atoms with Crippen molar-refractivity contribution in [2.24, 2.45) is 0 Å². The Morgan fingerprint density at radius 1 is 1.03 bits per heavy atom. The molecule has 10 heteroatoms. The lowest BCUT2D eigenvalue weighted by Crippen LogP contribution is -2.23. The van der Waals surface area contributed by atoms with E-state index < -0.39 is 57.3 Å². The zero-order valence-electron chi connectivity index (χ0n) is 17.8. The van der Waals surface area contributed by atoms with Crippen molar-refractivity contribution in [1.82, 2.24) is 4.98 Å². The number of benzene rings is 2.